The maximum Gasteiger partial charge on any atom is 0.257 e. The Morgan fingerprint density at radius 1 is 1.27 bits per heavy atom. The molecule has 0 saturated heterocycles. The van der Waals surface area contributed by atoms with Gasteiger partial charge in [-0.25, -0.2) is 4.98 Å². The zero-order chi connectivity index (χ0) is 18.4. The molecule has 0 atom stereocenters. The van der Waals surface area contributed by atoms with Gasteiger partial charge in [-0.1, -0.05) is 18.2 Å². The molecule has 2 aromatic heterocycles. The standard InChI is InChI=1S/C20H18N4O2/c1-14-13-16(15-7-2-3-8-17(15)23-14)20(25)24-19-18(9-6-11-22-19)26-12-5-4-10-21/h2-3,6-9,11,13H,4-5,12H2,1H3,(H,22,24,25). The highest BCUT2D eigenvalue weighted by atomic mass is 16.5. The largest absolute Gasteiger partial charge is 0.490 e. The number of benzene rings is 1. The van der Waals surface area contributed by atoms with Crippen LogP contribution in [0.3, 0.4) is 0 Å². The summed E-state index contributed by atoms with van der Waals surface area (Å²) in [6.45, 7) is 2.24. The van der Waals surface area contributed by atoms with Gasteiger partial charge >= 0.3 is 0 Å². The molecule has 6 nitrogen and oxygen atoms in total. The highest BCUT2D eigenvalue weighted by molar-refractivity contribution is 6.12. The maximum absolute atomic E-state index is 12.8. The van der Waals surface area contributed by atoms with E-state index >= 15 is 0 Å². The van der Waals surface area contributed by atoms with Crippen molar-refractivity contribution in [2.75, 3.05) is 11.9 Å². The molecular formula is C20H18N4O2. The average molecular weight is 346 g/mol. The summed E-state index contributed by atoms with van der Waals surface area (Å²) in [5, 5.41) is 12.2. The van der Waals surface area contributed by atoms with E-state index < -0.39 is 0 Å². The Morgan fingerprint density at radius 3 is 2.96 bits per heavy atom. The van der Waals surface area contributed by atoms with Gasteiger partial charge in [0.05, 0.1) is 23.8 Å². The summed E-state index contributed by atoms with van der Waals surface area (Å²) in [6, 6.07) is 14.8. The van der Waals surface area contributed by atoms with Crippen molar-refractivity contribution in [3.8, 4) is 11.8 Å². The Balaban J connectivity index is 1.84. The van der Waals surface area contributed by atoms with Crippen molar-refractivity contribution in [3.63, 3.8) is 0 Å². The van der Waals surface area contributed by atoms with E-state index in [1.54, 1.807) is 24.4 Å². The van der Waals surface area contributed by atoms with Gasteiger partial charge in [0.25, 0.3) is 5.91 Å². The molecule has 0 aliphatic heterocycles. The highest BCUT2D eigenvalue weighted by Crippen LogP contribution is 2.24. The fourth-order valence-corrected chi connectivity index (χ4v) is 2.60. The Bertz CT molecular complexity index is 979. The number of anilines is 1. The molecule has 1 amide bonds. The lowest BCUT2D eigenvalue weighted by Gasteiger charge is -2.12. The van der Waals surface area contributed by atoms with Crippen LogP contribution in [0.25, 0.3) is 10.9 Å². The van der Waals surface area contributed by atoms with Gasteiger partial charge in [0.1, 0.15) is 0 Å². The maximum atomic E-state index is 12.8. The number of aromatic nitrogens is 2. The van der Waals surface area contributed by atoms with Crippen molar-refractivity contribution in [3.05, 3.63) is 59.9 Å². The summed E-state index contributed by atoms with van der Waals surface area (Å²) in [5.41, 5.74) is 2.07. The van der Waals surface area contributed by atoms with Crippen molar-refractivity contribution >= 4 is 22.6 Å². The fourth-order valence-electron chi connectivity index (χ4n) is 2.60. The highest BCUT2D eigenvalue weighted by Gasteiger charge is 2.15. The zero-order valence-corrected chi connectivity index (χ0v) is 14.4. The molecule has 1 aromatic carbocycles. The molecule has 0 radical (unpaired) electrons. The first-order valence-corrected chi connectivity index (χ1v) is 8.31. The summed E-state index contributed by atoms with van der Waals surface area (Å²) in [6.07, 6.45) is 2.63. The average Bonchev–Trinajstić information content (AvgIpc) is 2.65. The second-order valence-corrected chi connectivity index (χ2v) is 5.74. The van der Waals surface area contributed by atoms with Gasteiger partial charge in [0, 0.05) is 23.7 Å². The Morgan fingerprint density at radius 2 is 2.12 bits per heavy atom. The minimum Gasteiger partial charge on any atom is -0.490 e. The van der Waals surface area contributed by atoms with Crippen molar-refractivity contribution in [2.45, 2.75) is 19.8 Å². The number of carbonyl (C=O) groups is 1. The number of aryl methyl sites for hydroxylation is 1. The van der Waals surface area contributed by atoms with Crippen LogP contribution in [0, 0.1) is 18.3 Å². The smallest absolute Gasteiger partial charge is 0.257 e. The number of nitrogens with one attached hydrogen (secondary N) is 1. The van der Waals surface area contributed by atoms with Gasteiger partial charge in [-0.05, 0) is 37.6 Å². The van der Waals surface area contributed by atoms with E-state index in [0.717, 1.165) is 16.6 Å². The van der Waals surface area contributed by atoms with Gasteiger partial charge in [0.15, 0.2) is 11.6 Å². The van der Waals surface area contributed by atoms with Crippen LogP contribution >= 0.6 is 0 Å². The molecule has 26 heavy (non-hydrogen) atoms. The first-order chi connectivity index (χ1) is 12.7. The number of unbranched alkanes of at least 4 members (excludes halogenated alkanes) is 1. The van der Waals surface area contributed by atoms with Crippen molar-refractivity contribution in [1.82, 2.24) is 9.97 Å². The van der Waals surface area contributed by atoms with Gasteiger partial charge in [0.2, 0.25) is 0 Å². The molecule has 0 aliphatic rings. The van der Waals surface area contributed by atoms with Crippen LogP contribution in [0.1, 0.15) is 28.9 Å². The van der Waals surface area contributed by atoms with E-state index in [4.69, 9.17) is 10.00 Å². The Labute approximate surface area is 151 Å². The van der Waals surface area contributed by atoms with Crippen molar-refractivity contribution in [2.24, 2.45) is 0 Å². The third-order valence-corrected chi connectivity index (χ3v) is 3.78. The number of fused-ring (bicyclic) bond motifs is 1. The molecule has 130 valence electrons. The number of nitriles is 1. The Kier molecular flexibility index (Phi) is 5.40. The molecule has 0 spiro atoms. The second-order valence-electron chi connectivity index (χ2n) is 5.74. The molecule has 0 aliphatic carbocycles. The number of hydrogen-bond acceptors (Lipinski definition) is 5. The second kappa shape index (κ2) is 8.08. The van der Waals surface area contributed by atoms with Crippen LogP contribution in [0.5, 0.6) is 5.75 Å². The number of amides is 1. The summed E-state index contributed by atoms with van der Waals surface area (Å²) < 4.78 is 5.65. The van der Waals surface area contributed by atoms with E-state index in [1.165, 1.54) is 0 Å². The number of ether oxygens (including phenoxy) is 1. The van der Waals surface area contributed by atoms with Crippen LogP contribution in [0.2, 0.25) is 0 Å². The van der Waals surface area contributed by atoms with Crippen molar-refractivity contribution in [1.29, 1.82) is 5.26 Å². The quantitative estimate of drug-likeness (QED) is 0.685. The molecule has 0 saturated carbocycles. The van der Waals surface area contributed by atoms with E-state index in [2.05, 4.69) is 21.4 Å². The number of para-hydroxylation sites is 1. The van der Waals surface area contributed by atoms with Gasteiger partial charge in [-0.2, -0.15) is 5.26 Å². The monoisotopic (exact) mass is 346 g/mol. The molecule has 3 aromatic rings. The minimum absolute atomic E-state index is 0.271. The van der Waals surface area contributed by atoms with Crippen LogP contribution in [0.15, 0.2) is 48.7 Å². The Hall–Kier alpha value is -3.46. The lowest BCUT2D eigenvalue weighted by molar-refractivity contribution is 0.102. The summed E-state index contributed by atoms with van der Waals surface area (Å²) in [4.78, 5) is 21.5. The zero-order valence-electron chi connectivity index (χ0n) is 14.4. The molecule has 1 N–H and O–H groups in total. The predicted molar refractivity (Wildman–Crippen MR) is 99.0 cm³/mol. The normalized spacial score (nSPS) is 10.3. The summed E-state index contributed by atoms with van der Waals surface area (Å²) >= 11 is 0. The third-order valence-electron chi connectivity index (χ3n) is 3.78. The minimum atomic E-state index is -0.271. The third kappa shape index (κ3) is 3.95. The number of carbonyl (C=O) groups excluding carboxylic acids is 1. The molecule has 6 heteroatoms. The van der Waals surface area contributed by atoms with E-state index in [0.29, 0.717) is 36.6 Å². The SMILES string of the molecule is Cc1cc(C(=O)Nc2ncccc2OCCCC#N)c2ccccc2n1. The lowest BCUT2D eigenvalue weighted by atomic mass is 10.1. The van der Waals surface area contributed by atoms with E-state index in [1.807, 2.05) is 31.2 Å². The molecule has 3 rings (SSSR count). The van der Waals surface area contributed by atoms with Crippen LogP contribution in [0.4, 0.5) is 5.82 Å². The molecule has 0 unspecified atom stereocenters. The van der Waals surface area contributed by atoms with E-state index in [9.17, 15) is 4.79 Å². The van der Waals surface area contributed by atoms with Crippen LogP contribution in [-0.2, 0) is 0 Å². The van der Waals surface area contributed by atoms with E-state index in [-0.39, 0.29) is 5.91 Å². The van der Waals surface area contributed by atoms with Gasteiger partial charge in [-0.3, -0.25) is 9.78 Å². The molecule has 0 fully saturated rings. The van der Waals surface area contributed by atoms with Gasteiger partial charge in [-0.15, -0.1) is 0 Å². The molecule has 0 bridgehead atoms. The topological polar surface area (TPSA) is 87.9 Å². The van der Waals surface area contributed by atoms with Gasteiger partial charge < -0.3 is 10.1 Å². The van der Waals surface area contributed by atoms with Crippen LogP contribution in [-0.4, -0.2) is 22.5 Å². The molecular weight excluding hydrogens is 328 g/mol. The fraction of sp³-hybridized carbons (Fsp3) is 0.200. The first kappa shape index (κ1) is 17.4. The lowest BCUT2D eigenvalue weighted by Crippen LogP contribution is -2.15. The van der Waals surface area contributed by atoms with Crippen molar-refractivity contribution < 1.29 is 9.53 Å². The number of pyridine rings is 2. The molecule has 2 heterocycles. The number of rotatable bonds is 6. The predicted octanol–water partition coefficient (Wildman–Crippen LogP) is 3.87. The number of nitrogens with zero attached hydrogens (tertiary/aromatic N) is 3. The van der Waals surface area contributed by atoms with Crippen LogP contribution < -0.4 is 10.1 Å². The first-order valence-electron chi connectivity index (χ1n) is 8.31. The summed E-state index contributed by atoms with van der Waals surface area (Å²) in [5.74, 6) is 0.564. The number of hydrogen-bond donors (Lipinski definition) is 1. The summed E-state index contributed by atoms with van der Waals surface area (Å²) in [7, 11) is 0.